The Bertz CT molecular complexity index is 917. The standard InChI is InChI=1S/C17H18N2O7/c1-9-12(25-2)4-3-11-10(6-16(24)26-17(9)11)5-13(20)18-7-14(21)19-8-15(22)23/h3-4,6H,5,7-8H2,1-2H3,(H,18,20)(H,19,21)(H,22,23). The molecule has 9 nitrogen and oxygen atoms in total. The summed E-state index contributed by atoms with van der Waals surface area (Å²) in [6, 6.07) is 4.61. The van der Waals surface area contributed by atoms with Crippen molar-refractivity contribution in [3.05, 3.63) is 39.7 Å². The molecule has 0 atom stereocenters. The Hall–Kier alpha value is -3.36. The number of nitrogens with one attached hydrogen (secondary N) is 2. The van der Waals surface area contributed by atoms with Gasteiger partial charge in [0.15, 0.2) is 0 Å². The summed E-state index contributed by atoms with van der Waals surface area (Å²) in [5.41, 5.74) is 0.817. The molecule has 138 valence electrons. The Kier molecular flexibility index (Phi) is 5.94. The number of methoxy groups -OCH3 is 1. The van der Waals surface area contributed by atoms with Crippen LogP contribution in [-0.2, 0) is 20.8 Å². The van der Waals surface area contributed by atoms with Gasteiger partial charge in [-0.2, -0.15) is 0 Å². The highest BCUT2D eigenvalue weighted by Gasteiger charge is 2.14. The molecular formula is C17H18N2O7. The van der Waals surface area contributed by atoms with Crippen molar-refractivity contribution in [3.63, 3.8) is 0 Å². The van der Waals surface area contributed by atoms with E-state index in [4.69, 9.17) is 14.3 Å². The van der Waals surface area contributed by atoms with Crippen LogP contribution < -0.4 is 21.0 Å². The number of fused-ring (bicyclic) bond motifs is 1. The third kappa shape index (κ3) is 4.59. The zero-order valence-corrected chi connectivity index (χ0v) is 14.3. The number of aryl methyl sites for hydroxylation is 1. The van der Waals surface area contributed by atoms with Gasteiger partial charge >= 0.3 is 11.6 Å². The first-order chi connectivity index (χ1) is 12.3. The fourth-order valence-electron chi connectivity index (χ4n) is 2.43. The summed E-state index contributed by atoms with van der Waals surface area (Å²) >= 11 is 0. The van der Waals surface area contributed by atoms with Crippen LogP contribution in [0.1, 0.15) is 11.1 Å². The second kappa shape index (κ2) is 8.15. The molecular weight excluding hydrogens is 344 g/mol. The van der Waals surface area contributed by atoms with Gasteiger partial charge in [0.05, 0.1) is 20.1 Å². The van der Waals surface area contributed by atoms with E-state index in [1.165, 1.54) is 13.2 Å². The molecule has 0 bridgehead atoms. The van der Waals surface area contributed by atoms with E-state index in [0.717, 1.165) is 0 Å². The first-order valence-corrected chi connectivity index (χ1v) is 7.67. The summed E-state index contributed by atoms with van der Waals surface area (Å²) in [5, 5.41) is 13.6. The quantitative estimate of drug-likeness (QED) is 0.589. The highest BCUT2D eigenvalue weighted by atomic mass is 16.5. The highest BCUT2D eigenvalue weighted by molar-refractivity contribution is 5.91. The van der Waals surface area contributed by atoms with Crippen molar-refractivity contribution < 1.29 is 28.6 Å². The summed E-state index contributed by atoms with van der Waals surface area (Å²) in [6.45, 7) is 0.846. The molecule has 2 aromatic rings. The van der Waals surface area contributed by atoms with Crippen LogP contribution in [0.25, 0.3) is 11.0 Å². The Morgan fingerprint density at radius 2 is 1.85 bits per heavy atom. The van der Waals surface area contributed by atoms with Crippen LogP contribution in [0.2, 0.25) is 0 Å². The first-order valence-electron chi connectivity index (χ1n) is 7.67. The topological polar surface area (TPSA) is 135 Å². The van der Waals surface area contributed by atoms with Crippen molar-refractivity contribution in [2.75, 3.05) is 20.2 Å². The normalized spacial score (nSPS) is 10.4. The molecule has 0 saturated heterocycles. The summed E-state index contributed by atoms with van der Waals surface area (Å²) in [5.74, 6) is -1.75. The average Bonchev–Trinajstić information content (AvgIpc) is 2.59. The van der Waals surface area contributed by atoms with E-state index in [9.17, 15) is 19.2 Å². The maximum atomic E-state index is 12.1. The van der Waals surface area contributed by atoms with Gasteiger partial charge in [-0.1, -0.05) is 0 Å². The van der Waals surface area contributed by atoms with Crippen LogP contribution >= 0.6 is 0 Å². The lowest BCUT2D eigenvalue weighted by Gasteiger charge is -2.10. The van der Waals surface area contributed by atoms with Crippen molar-refractivity contribution in [1.29, 1.82) is 0 Å². The number of carbonyl (C=O) groups is 3. The van der Waals surface area contributed by atoms with Crippen LogP contribution in [0.5, 0.6) is 5.75 Å². The molecule has 0 aliphatic heterocycles. The van der Waals surface area contributed by atoms with Crippen LogP contribution in [-0.4, -0.2) is 43.1 Å². The minimum Gasteiger partial charge on any atom is -0.496 e. The molecule has 0 aliphatic carbocycles. The zero-order valence-electron chi connectivity index (χ0n) is 14.3. The van der Waals surface area contributed by atoms with Gasteiger partial charge in [-0.3, -0.25) is 14.4 Å². The number of benzene rings is 1. The molecule has 0 saturated carbocycles. The van der Waals surface area contributed by atoms with Gasteiger partial charge in [-0.05, 0) is 24.6 Å². The van der Waals surface area contributed by atoms with E-state index in [2.05, 4.69) is 10.6 Å². The van der Waals surface area contributed by atoms with E-state index >= 15 is 0 Å². The van der Waals surface area contributed by atoms with E-state index in [-0.39, 0.29) is 13.0 Å². The SMILES string of the molecule is COc1ccc2c(CC(=O)NCC(=O)NCC(=O)O)cc(=O)oc2c1C. The molecule has 2 amide bonds. The molecule has 0 aliphatic rings. The summed E-state index contributed by atoms with van der Waals surface area (Å²) in [4.78, 5) is 45.6. The predicted molar refractivity (Wildman–Crippen MR) is 91.1 cm³/mol. The smallest absolute Gasteiger partial charge is 0.336 e. The van der Waals surface area contributed by atoms with E-state index in [1.54, 1.807) is 19.1 Å². The van der Waals surface area contributed by atoms with Crippen molar-refractivity contribution in [1.82, 2.24) is 10.6 Å². The van der Waals surface area contributed by atoms with Crippen LogP contribution in [0, 0.1) is 6.92 Å². The second-order valence-corrected chi connectivity index (χ2v) is 5.48. The monoisotopic (exact) mass is 362 g/mol. The van der Waals surface area contributed by atoms with E-state index in [1.807, 2.05) is 0 Å². The van der Waals surface area contributed by atoms with Crippen LogP contribution in [0.4, 0.5) is 0 Å². The van der Waals surface area contributed by atoms with Crippen LogP contribution in [0.15, 0.2) is 27.4 Å². The molecule has 0 fully saturated rings. The van der Waals surface area contributed by atoms with Gasteiger partial charge in [0.25, 0.3) is 0 Å². The van der Waals surface area contributed by atoms with Crippen molar-refractivity contribution in [3.8, 4) is 5.75 Å². The Labute approximate surface area is 147 Å². The molecule has 1 aromatic heterocycles. The largest absolute Gasteiger partial charge is 0.496 e. The fraction of sp³-hybridized carbons (Fsp3) is 0.294. The zero-order chi connectivity index (χ0) is 19.3. The minimum absolute atomic E-state index is 0.139. The molecule has 2 rings (SSSR count). The predicted octanol–water partition coefficient (Wildman–Crippen LogP) is -0.0305. The van der Waals surface area contributed by atoms with Crippen molar-refractivity contribution >= 4 is 28.8 Å². The van der Waals surface area contributed by atoms with Crippen molar-refractivity contribution in [2.45, 2.75) is 13.3 Å². The molecule has 26 heavy (non-hydrogen) atoms. The lowest BCUT2D eigenvalue weighted by Crippen LogP contribution is -2.39. The fourth-order valence-corrected chi connectivity index (χ4v) is 2.43. The molecule has 1 heterocycles. The molecule has 0 radical (unpaired) electrons. The molecule has 0 spiro atoms. The maximum Gasteiger partial charge on any atom is 0.336 e. The Morgan fingerprint density at radius 1 is 1.15 bits per heavy atom. The average molecular weight is 362 g/mol. The number of carboxylic acid groups (broad SMARTS) is 1. The third-order valence-corrected chi connectivity index (χ3v) is 3.65. The van der Waals surface area contributed by atoms with Gasteiger partial charge in [0.1, 0.15) is 17.9 Å². The van der Waals surface area contributed by atoms with E-state index in [0.29, 0.717) is 27.8 Å². The number of hydrogen-bond donors (Lipinski definition) is 3. The first kappa shape index (κ1) is 19.0. The van der Waals surface area contributed by atoms with Gasteiger partial charge in [0.2, 0.25) is 11.8 Å². The number of aliphatic carboxylic acids is 1. The Balaban J connectivity index is 2.14. The summed E-state index contributed by atoms with van der Waals surface area (Å²) in [7, 11) is 1.50. The molecule has 9 heteroatoms. The minimum atomic E-state index is -1.18. The number of ether oxygens (including phenoxy) is 1. The maximum absolute atomic E-state index is 12.1. The van der Waals surface area contributed by atoms with Gasteiger partial charge in [-0.15, -0.1) is 0 Å². The lowest BCUT2D eigenvalue weighted by molar-refractivity contribution is -0.137. The van der Waals surface area contributed by atoms with Crippen molar-refractivity contribution in [2.24, 2.45) is 0 Å². The molecule has 0 unspecified atom stereocenters. The molecule has 1 aromatic carbocycles. The summed E-state index contributed by atoms with van der Waals surface area (Å²) < 4.78 is 10.4. The third-order valence-electron chi connectivity index (χ3n) is 3.65. The van der Waals surface area contributed by atoms with Gasteiger partial charge in [0, 0.05) is 17.0 Å². The Morgan fingerprint density at radius 3 is 2.50 bits per heavy atom. The summed E-state index contributed by atoms with van der Waals surface area (Å²) in [6.07, 6.45) is -0.139. The van der Waals surface area contributed by atoms with Crippen LogP contribution in [0.3, 0.4) is 0 Å². The number of carbonyl (C=O) groups excluding carboxylic acids is 2. The highest BCUT2D eigenvalue weighted by Crippen LogP contribution is 2.28. The second-order valence-electron chi connectivity index (χ2n) is 5.48. The lowest BCUT2D eigenvalue weighted by atomic mass is 10.0. The molecule has 3 N–H and O–H groups in total. The van der Waals surface area contributed by atoms with Gasteiger partial charge in [-0.25, -0.2) is 4.79 Å². The van der Waals surface area contributed by atoms with E-state index < -0.39 is 30.0 Å². The number of hydrogen-bond acceptors (Lipinski definition) is 6. The number of carboxylic acids is 1. The number of amides is 2. The number of rotatable bonds is 7. The van der Waals surface area contributed by atoms with Gasteiger partial charge < -0.3 is 24.9 Å².